The first-order chi connectivity index (χ1) is 7.38. The van der Waals surface area contributed by atoms with Crippen molar-refractivity contribution in [3.05, 3.63) is 11.1 Å². The topological polar surface area (TPSA) is 26.0 Å². The Bertz CT molecular complexity index is 342. The molecule has 1 heteroatoms. The standard InChI is InChI=1S/C15H25N/c1-13(2)5-4-11(7-16)12(6-13)15-8-14(3,9-15)10-15/h4-10,16H2,1-3H3. The molecule has 0 aromatic rings. The van der Waals surface area contributed by atoms with E-state index in [0.717, 1.165) is 6.54 Å². The van der Waals surface area contributed by atoms with Crippen molar-refractivity contribution < 1.29 is 0 Å². The molecule has 0 atom stereocenters. The molecule has 0 aromatic heterocycles. The molecular weight excluding hydrogens is 194 g/mol. The van der Waals surface area contributed by atoms with Crippen LogP contribution in [0.4, 0.5) is 0 Å². The van der Waals surface area contributed by atoms with Crippen LogP contribution in [0.2, 0.25) is 0 Å². The molecule has 0 saturated heterocycles. The number of hydrogen-bond donors (Lipinski definition) is 1. The van der Waals surface area contributed by atoms with E-state index in [2.05, 4.69) is 20.8 Å². The maximum Gasteiger partial charge on any atom is 0.0139 e. The molecule has 0 spiro atoms. The van der Waals surface area contributed by atoms with E-state index in [4.69, 9.17) is 5.73 Å². The second-order valence-corrected chi connectivity index (χ2v) is 7.75. The summed E-state index contributed by atoms with van der Waals surface area (Å²) in [7, 11) is 0. The van der Waals surface area contributed by atoms with Gasteiger partial charge in [-0.05, 0) is 54.8 Å². The molecule has 90 valence electrons. The van der Waals surface area contributed by atoms with Crippen molar-refractivity contribution in [2.45, 2.75) is 59.3 Å². The van der Waals surface area contributed by atoms with Crippen LogP contribution in [0.25, 0.3) is 0 Å². The lowest BCUT2D eigenvalue weighted by Gasteiger charge is -2.72. The fourth-order valence-electron chi connectivity index (χ4n) is 4.74. The Morgan fingerprint density at radius 1 is 1.12 bits per heavy atom. The van der Waals surface area contributed by atoms with Gasteiger partial charge in [-0.3, -0.25) is 0 Å². The maximum atomic E-state index is 5.95. The molecule has 1 nitrogen and oxygen atoms in total. The van der Waals surface area contributed by atoms with Crippen molar-refractivity contribution in [2.24, 2.45) is 22.0 Å². The minimum Gasteiger partial charge on any atom is -0.327 e. The van der Waals surface area contributed by atoms with Gasteiger partial charge in [0, 0.05) is 6.54 Å². The van der Waals surface area contributed by atoms with Crippen LogP contribution in [-0.4, -0.2) is 6.54 Å². The SMILES string of the molecule is CC1(C)CCC(CN)=C(C23CC(C)(C2)C3)C1. The zero-order chi connectivity index (χ0) is 11.6. The predicted molar refractivity (Wildman–Crippen MR) is 68.1 cm³/mol. The molecule has 16 heavy (non-hydrogen) atoms. The second kappa shape index (κ2) is 2.93. The van der Waals surface area contributed by atoms with E-state index in [1.807, 2.05) is 0 Å². The van der Waals surface area contributed by atoms with Gasteiger partial charge in [0.25, 0.3) is 0 Å². The summed E-state index contributed by atoms with van der Waals surface area (Å²) in [4.78, 5) is 0. The summed E-state index contributed by atoms with van der Waals surface area (Å²) in [5.41, 5.74) is 11.2. The van der Waals surface area contributed by atoms with Gasteiger partial charge >= 0.3 is 0 Å². The Balaban J connectivity index is 1.88. The van der Waals surface area contributed by atoms with Gasteiger partial charge in [0.2, 0.25) is 0 Å². The Morgan fingerprint density at radius 3 is 2.25 bits per heavy atom. The quantitative estimate of drug-likeness (QED) is 0.705. The molecule has 0 amide bonds. The van der Waals surface area contributed by atoms with Crippen LogP contribution in [0, 0.1) is 16.2 Å². The lowest BCUT2D eigenvalue weighted by molar-refractivity contribution is -0.167. The molecule has 4 aliphatic rings. The molecule has 3 saturated carbocycles. The van der Waals surface area contributed by atoms with Crippen molar-refractivity contribution in [2.75, 3.05) is 6.54 Å². The zero-order valence-corrected chi connectivity index (χ0v) is 11.0. The molecule has 0 radical (unpaired) electrons. The van der Waals surface area contributed by atoms with Crippen LogP contribution in [0.15, 0.2) is 11.1 Å². The van der Waals surface area contributed by atoms with Crippen molar-refractivity contribution in [1.29, 1.82) is 0 Å². The summed E-state index contributed by atoms with van der Waals surface area (Å²) in [6.07, 6.45) is 8.27. The van der Waals surface area contributed by atoms with Gasteiger partial charge in [0.05, 0.1) is 0 Å². The molecule has 0 unspecified atom stereocenters. The Hall–Kier alpha value is -0.300. The molecule has 0 heterocycles. The van der Waals surface area contributed by atoms with E-state index in [1.165, 1.54) is 38.5 Å². The number of rotatable bonds is 2. The van der Waals surface area contributed by atoms with Crippen LogP contribution >= 0.6 is 0 Å². The van der Waals surface area contributed by atoms with Crippen molar-refractivity contribution >= 4 is 0 Å². The lowest BCUT2D eigenvalue weighted by atomic mass is 9.33. The predicted octanol–water partition coefficient (Wildman–Crippen LogP) is 3.64. The van der Waals surface area contributed by atoms with Gasteiger partial charge in [-0.15, -0.1) is 0 Å². The molecule has 2 bridgehead atoms. The lowest BCUT2D eigenvalue weighted by Crippen LogP contribution is -2.61. The molecule has 4 rings (SSSR count). The van der Waals surface area contributed by atoms with E-state index in [0.29, 0.717) is 16.2 Å². The summed E-state index contributed by atoms with van der Waals surface area (Å²) in [6.45, 7) is 8.11. The van der Waals surface area contributed by atoms with Gasteiger partial charge in [-0.1, -0.05) is 31.9 Å². The maximum absolute atomic E-state index is 5.95. The summed E-state index contributed by atoms with van der Waals surface area (Å²) in [5, 5.41) is 0. The third-order valence-corrected chi connectivity index (χ3v) is 5.37. The van der Waals surface area contributed by atoms with Crippen LogP contribution in [0.1, 0.15) is 59.3 Å². The highest BCUT2D eigenvalue weighted by atomic mass is 14.7. The first kappa shape index (κ1) is 10.8. The minimum atomic E-state index is 0.518. The van der Waals surface area contributed by atoms with E-state index in [9.17, 15) is 0 Å². The first-order valence-electron chi connectivity index (χ1n) is 6.80. The van der Waals surface area contributed by atoms with E-state index >= 15 is 0 Å². The average molecular weight is 219 g/mol. The van der Waals surface area contributed by atoms with Crippen LogP contribution < -0.4 is 5.73 Å². The number of hydrogen-bond acceptors (Lipinski definition) is 1. The third kappa shape index (κ3) is 1.33. The van der Waals surface area contributed by atoms with Crippen LogP contribution in [0.3, 0.4) is 0 Å². The van der Waals surface area contributed by atoms with E-state index in [-0.39, 0.29) is 0 Å². The largest absolute Gasteiger partial charge is 0.327 e. The van der Waals surface area contributed by atoms with Crippen LogP contribution in [0.5, 0.6) is 0 Å². The molecular formula is C15H25N. The highest BCUT2D eigenvalue weighted by Crippen LogP contribution is 2.77. The summed E-state index contributed by atoms with van der Waals surface area (Å²) < 4.78 is 0. The molecule has 4 aliphatic carbocycles. The summed E-state index contributed by atoms with van der Waals surface area (Å²) >= 11 is 0. The Morgan fingerprint density at radius 2 is 1.75 bits per heavy atom. The van der Waals surface area contributed by atoms with E-state index in [1.54, 1.807) is 11.1 Å². The molecule has 2 N–H and O–H groups in total. The smallest absolute Gasteiger partial charge is 0.0139 e. The minimum absolute atomic E-state index is 0.518. The highest BCUT2D eigenvalue weighted by Gasteiger charge is 2.66. The van der Waals surface area contributed by atoms with Gasteiger partial charge in [-0.25, -0.2) is 0 Å². The number of nitrogens with two attached hydrogens (primary N) is 1. The Kier molecular flexibility index (Phi) is 1.98. The fourth-order valence-corrected chi connectivity index (χ4v) is 4.74. The average Bonchev–Trinajstić information content (AvgIpc) is 2.10. The van der Waals surface area contributed by atoms with Crippen molar-refractivity contribution in [3.63, 3.8) is 0 Å². The van der Waals surface area contributed by atoms with Crippen molar-refractivity contribution in [3.8, 4) is 0 Å². The summed E-state index contributed by atoms with van der Waals surface area (Å²) in [5.74, 6) is 0. The highest BCUT2D eigenvalue weighted by molar-refractivity contribution is 5.37. The van der Waals surface area contributed by atoms with Crippen LogP contribution in [-0.2, 0) is 0 Å². The number of allylic oxidation sites excluding steroid dienone is 1. The van der Waals surface area contributed by atoms with Gasteiger partial charge in [-0.2, -0.15) is 0 Å². The second-order valence-electron chi connectivity index (χ2n) is 7.75. The third-order valence-electron chi connectivity index (χ3n) is 5.37. The normalized spacial score (nSPS) is 45.0. The van der Waals surface area contributed by atoms with Crippen molar-refractivity contribution in [1.82, 2.24) is 0 Å². The fraction of sp³-hybridized carbons (Fsp3) is 0.867. The molecule has 0 aliphatic heterocycles. The first-order valence-corrected chi connectivity index (χ1v) is 6.80. The molecule has 3 fully saturated rings. The monoisotopic (exact) mass is 219 g/mol. The van der Waals surface area contributed by atoms with E-state index < -0.39 is 0 Å². The van der Waals surface area contributed by atoms with Gasteiger partial charge < -0.3 is 5.73 Å². The zero-order valence-electron chi connectivity index (χ0n) is 11.0. The van der Waals surface area contributed by atoms with Gasteiger partial charge in [0.15, 0.2) is 0 Å². The van der Waals surface area contributed by atoms with Gasteiger partial charge in [0.1, 0.15) is 0 Å². The molecule has 0 aromatic carbocycles. The summed E-state index contributed by atoms with van der Waals surface area (Å²) in [6, 6.07) is 0. The Labute approximate surface area is 99.5 Å².